The Kier molecular flexibility index (Phi) is 7.88. The Labute approximate surface area is 184 Å². The molecule has 3 rings (SSSR count). The molecule has 6 heteroatoms. The van der Waals surface area contributed by atoms with E-state index in [9.17, 15) is 9.59 Å². The Morgan fingerprint density at radius 3 is 2.30 bits per heavy atom. The number of amides is 2. The van der Waals surface area contributed by atoms with E-state index in [2.05, 4.69) is 48.3 Å². The molecule has 0 radical (unpaired) electrons. The van der Waals surface area contributed by atoms with Crippen molar-refractivity contribution in [3.05, 3.63) is 70.2 Å². The smallest absolute Gasteiger partial charge is 0.252 e. The molecule has 5 nitrogen and oxygen atoms in total. The van der Waals surface area contributed by atoms with Gasteiger partial charge in [0.25, 0.3) is 5.91 Å². The number of carbonyl (C=O) groups excluding carboxylic acids is 2. The van der Waals surface area contributed by atoms with Crippen molar-refractivity contribution in [1.82, 2.24) is 15.1 Å². The van der Waals surface area contributed by atoms with Gasteiger partial charge in [-0.1, -0.05) is 61.8 Å². The number of carbonyl (C=O) groups is 2. The lowest BCUT2D eigenvalue weighted by Gasteiger charge is -2.35. The van der Waals surface area contributed by atoms with Crippen LogP contribution in [0.5, 0.6) is 0 Å². The van der Waals surface area contributed by atoms with E-state index in [0.29, 0.717) is 29.5 Å². The van der Waals surface area contributed by atoms with Crippen molar-refractivity contribution in [3.63, 3.8) is 0 Å². The standard InChI is InChI=1S/C24H30ClN3O2/c1-18(2)20-9-7-19(8-10-20)17-27-13-15-28(16-14-27)23(29)11-12-26-24(30)21-5-3-4-6-22(21)25/h3-10,18H,11-17H2,1-2H3,(H,26,30). The van der Waals surface area contributed by atoms with Crippen LogP contribution in [0.15, 0.2) is 48.5 Å². The molecule has 0 atom stereocenters. The first-order chi connectivity index (χ1) is 14.4. The van der Waals surface area contributed by atoms with Gasteiger partial charge in [-0.05, 0) is 29.2 Å². The fraction of sp³-hybridized carbons (Fsp3) is 0.417. The summed E-state index contributed by atoms with van der Waals surface area (Å²) in [6.07, 6.45) is 0.298. The first-order valence-corrected chi connectivity index (χ1v) is 10.9. The van der Waals surface area contributed by atoms with Gasteiger partial charge in [-0.25, -0.2) is 0 Å². The fourth-order valence-electron chi connectivity index (χ4n) is 3.60. The van der Waals surface area contributed by atoms with Crippen LogP contribution in [0.2, 0.25) is 5.02 Å². The van der Waals surface area contributed by atoms with Gasteiger partial charge < -0.3 is 10.2 Å². The predicted octanol–water partition coefficient (Wildman–Crippen LogP) is 3.93. The van der Waals surface area contributed by atoms with Crippen molar-refractivity contribution >= 4 is 23.4 Å². The van der Waals surface area contributed by atoms with Gasteiger partial charge in [-0.3, -0.25) is 14.5 Å². The second-order valence-corrected chi connectivity index (χ2v) is 8.45. The third-order valence-corrected chi connectivity index (χ3v) is 5.85. The van der Waals surface area contributed by atoms with E-state index < -0.39 is 0 Å². The van der Waals surface area contributed by atoms with Crippen LogP contribution >= 0.6 is 11.6 Å². The molecule has 0 bridgehead atoms. The number of hydrogen-bond donors (Lipinski definition) is 1. The van der Waals surface area contributed by atoms with Gasteiger partial charge in [0.05, 0.1) is 10.6 Å². The Bertz CT molecular complexity index is 859. The molecule has 1 N–H and O–H groups in total. The van der Waals surface area contributed by atoms with E-state index in [1.807, 2.05) is 4.90 Å². The Balaban J connectivity index is 1.38. The molecule has 2 amide bonds. The third-order valence-electron chi connectivity index (χ3n) is 5.52. The van der Waals surface area contributed by atoms with Gasteiger partial charge >= 0.3 is 0 Å². The van der Waals surface area contributed by atoms with Crippen LogP contribution < -0.4 is 5.32 Å². The van der Waals surface area contributed by atoms with Gasteiger partial charge in [0.1, 0.15) is 0 Å². The number of hydrogen-bond acceptors (Lipinski definition) is 3. The molecule has 30 heavy (non-hydrogen) atoms. The van der Waals surface area contributed by atoms with Gasteiger partial charge in [0, 0.05) is 45.7 Å². The Morgan fingerprint density at radius 2 is 1.67 bits per heavy atom. The van der Waals surface area contributed by atoms with Crippen LogP contribution in [0.3, 0.4) is 0 Å². The zero-order valence-electron chi connectivity index (χ0n) is 17.7. The minimum atomic E-state index is -0.248. The average molecular weight is 428 g/mol. The minimum Gasteiger partial charge on any atom is -0.351 e. The number of piperazine rings is 1. The van der Waals surface area contributed by atoms with Crippen molar-refractivity contribution < 1.29 is 9.59 Å². The molecule has 0 saturated carbocycles. The number of nitrogens with one attached hydrogen (secondary N) is 1. The van der Waals surface area contributed by atoms with E-state index in [0.717, 1.165) is 32.7 Å². The molecule has 0 spiro atoms. The molecule has 0 aliphatic carbocycles. The van der Waals surface area contributed by atoms with E-state index in [1.165, 1.54) is 11.1 Å². The summed E-state index contributed by atoms with van der Waals surface area (Å²) in [6.45, 7) is 8.80. The second-order valence-electron chi connectivity index (χ2n) is 8.04. The zero-order chi connectivity index (χ0) is 21.5. The highest BCUT2D eigenvalue weighted by Gasteiger charge is 2.21. The van der Waals surface area contributed by atoms with Gasteiger partial charge in [0.15, 0.2) is 0 Å². The first kappa shape index (κ1) is 22.3. The molecule has 2 aromatic rings. The van der Waals surface area contributed by atoms with E-state index in [1.54, 1.807) is 24.3 Å². The molecule has 160 valence electrons. The molecular weight excluding hydrogens is 398 g/mol. The summed E-state index contributed by atoms with van der Waals surface area (Å²) in [5, 5.41) is 3.20. The minimum absolute atomic E-state index is 0.0791. The highest BCUT2D eigenvalue weighted by molar-refractivity contribution is 6.33. The number of halogens is 1. The van der Waals surface area contributed by atoms with Crippen molar-refractivity contribution in [2.45, 2.75) is 32.7 Å². The molecule has 1 saturated heterocycles. The number of nitrogens with zero attached hydrogens (tertiary/aromatic N) is 2. The Hall–Kier alpha value is -2.37. The summed E-state index contributed by atoms with van der Waals surface area (Å²) < 4.78 is 0. The summed E-state index contributed by atoms with van der Waals surface area (Å²) in [4.78, 5) is 28.9. The summed E-state index contributed by atoms with van der Waals surface area (Å²) in [6, 6.07) is 15.7. The van der Waals surface area contributed by atoms with Gasteiger partial charge in [-0.15, -0.1) is 0 Å². The van der Waals surface area contributed by atoms with Crippen LogP contribution in [-0.4, -0.2) is 54.3 Å². The van der Waals surface area contributed by atoms with Gasteiger partial charge in [0.2, 0.25) is 5.91 Å². The van der Waals surface area contributed by atoms with Crippen molar-refractivity contribution in [1.29, 1.82) is 0 Å². The van der Waals surface area contributed by atoms with Crippen LogP contribution in [0.1, 0.15) is 47.7 Å². The lowest BCUT2D eigenvalue weighted by molar-refractivity contribution is -0.132. The molecule has 1 fully saturated rings. The number of rotatable bonds is 7. The molecule has 1 aliphatic rings. The predicted molar refractivity (Wildman–Crippen MR) is 121 cm³/mol. The largest absolute Gasteiger partial charge is 0.351 e. The van der Waals surface area contributed by atoms with Crippen LogP contribution in [0.4, 0.5) is 0 Å². The van der Waals surface area contributed by atoms with Crippen molar-refractivity contribution in [2.75, 3.05) is 32.7 Å². The highest BCUT2D eigenvalue weighted by Crippen LogP contribution is 2.17. The quantitative estimate of drug-likeness (QED) is 0.728. The fourth-order valence-corrected chi connectivity index (χ4v) is 3.82. The maximum Gasteiger partial charge on any atom is 0.252 e. The van der Waals surface area contributed by atoms with E-state index in [-0.39, 0.29) is 11.8 Å². The molecule has 2 aromatic carbocycles. The topological polar surface area (TPSA) is 52.6 Å². The maximum atomic E-state index is 12.5. The SMILES string of the molecule is CC(C)c1ccc(CN2CCN(C(=O)CCNC(=O)c3ccccc3Cl)CC2)cc1. The highest BCUT2D eigenvalue weighted by atomic mass is 35.5. The molecule has 1 heterocycles. The summed E-state index contributed by atoms with van der Waals surface area (Å²) in [5.41, 5.74) is 3.10. The Morgan fingerprint density at radius 1 is 1.00 bits per heavy atom. The van der Waals surface area contributed by atoms with Crippen LogP contribution in [-0.2, 0) is 11.3 Å². The average Bonchev–Trinajstić information content (AvgIpc) is 2.75. The van der Waals surface area contributed by atoms with Crippen LogP contribution in [0, 0.1) is 0 Å². The monoisotopic (exact) mass is 427 g/mol. The molecule has 0 unspecified atom stereocenters. The van der Waals surface area contributed by atoms with E-state index in [4.69, 9.17) is 11.6 Å². The van der Waals surface area contributed by atoms with Crippen molar-refractivity contribution in [2.24, 2.45) is 0 Å². The van der Waals surface area contributed by atoms with Crippen molar-refractivity contribution in [3.8, 4) is 0 Å². The van der Waals surface area contributed by atoms with Gasteiger partial charge in [-0.2, -0.15) is 0 Å². The molecule has 0 aromatic heterocycles. The number of benzene rings is 2. The summed E-state index contributed by atoms with van der Waals surface area (Å²) in [7, 11) is 0. The first-order valence-electron chi connectivity index (χ1n) is 10.6. The van der Waals surface area contributed by atoms with E-state index >= 15 is 0 Å². The lowest BCUT2D eigenvalue weighted by atomic mass is 10.0. The van der Waals surface area contributed by atoms with Crippen LogP contribution in [0.25, 0.3) is 0 Å². The second kappa shape index (κ2) is 10.6. The molecular formula is C24H30ClN3O2. The third kappa shape index (κ3) is 6.07. The lowest BCUT2D eigenvalue weighted by Crippen LogP contribution is -2.48. The normalized spacial score (nSPS) is 14.7. The molecule has 1 aliphatic heterocycles. The zero-order valence-corrected chi connectivity index (χ0v) is 18.5. The summed E-state index contributed by atoms with van der Waals surface area (Å²) >= 11 is 6.03. The maximum absolute atomic E-state index is 12.5. The summed E-state index contributed by atoms with van der Waals surface area (Å²) in [5.74, 6) is 0.375.